The number of halogens is 2. The second kappa shape index (κ2) is 10.7. The third-order valence-electron chi connectivity index (χ3n) is 7.30. The highest BCUT2D eigenvalue weighted by Gasteiger charge is 2.32. The Morgan fingerprint density at radius 3 is 2.64 bits per heavy atom. The number of aromatic nitrogens is 4. The monoisotopic (exact) mass is 497 g/mol. The molecule has 3 aromatic rings. The predicted molar refractivity (Wildman–Crippen MR) is 135 cm³/mol. The van der Waals surface area contributed by atoms with Gasteiger partial charge in [0, 0.05) is 30.3 Å². The molecule has 0 amide bonds. The number of ether oxygens (including phenoxy) is 1. The number of anilines is 1. The van der Waals surface area contributed by atoms with Gasteiger partial charge in [-0.05, 0) is 49.3 Å². The van der Waals surface area contributed by atoms with Crippen LogP contribution in [0.2, 0.25) is 0 Å². The maximum atomic E-state index is 15.1. The Balaban J connectivity index is 1.60. The molecule has 2 heterocycles. The van der Waals surface area contributed by atoms with Crippen LogP contribution < -0.4 is 9.64 Å². The molecule has 2 aromatic heterocycles. The lowest BCUT2D eigenvalue weighted by Crippen LogP contribution is -2.36. The van der Waals surface area contributed by atoms with Crippen LogP contribution in [0.15, 0.2) is 30.5 Å². The van der Waals surface area contributed by atoms with Gasteiger partial charge in [-0.3, -0.25) is 0 Å². The molecule has 1 aromatic carbocycles. The standard InChI is InChI=1S/C27H33F2N5O2/c1-5-11-27(2)12-7-6-8-18(15-27)34(3)22-10-9-20(31-32-22)24-21(35)14-19(25(28)26(24)29)17-13-23(36-4)33-30-16-17/h9-10,13-14,16,18,35H,5-8,11-12,15H2,1-4H3/t18-,27+/m0/s1. The van der Waals surface area contributed by atoms with Crippen molar-refractivity contribution in [1.29, 1.82) is 0 Å². The largest absolute Gasteiger partial charge is 0.507 e. The first-order valence-electron chi connectivity index (χ1n) is 12.4. The number of methoxy groups -OCH3 is 1. The highest BCUT2D eigenvalue weighted by atomic mass is 19.2. The summed E-state index contributed by atoms with van der Waals surface area (Å²) < 4.78 is 35.2. The van der Waals surface area contributed by atoms with Crippen molar-refractivity contribution in [2.75, 3.05) is 19.1 Å². The average molecular weight is 498 g/mol. The second-order valence-electron chi connectivity index (χ2n) is 9.98. The van der Waals surface area contributed by atoms with Gasteiger partial charge in [0.1, 0.15) is 5.75 Å². The molecule has 1 aliphatic carbocycles. The maximum Gasteiger partial charge on any atom is 0.233 e. The minimum atomic E-state index is -1.21. The van der Waals surface area contributed by atoms with Gasteiger partial charge < -0.3 is 14.7 Å². The highest BCUT2D eigenvalue weighted by Crippen LogP contribution is 2.41. The number of phenols is 1. The maximum absolute atomic E-state index is 15.1. The van der Waals surface area contributed by atoms with Crippen molar-refractivity contribution < 1.29 is 18.6 Å². The molecule has 1 fully saturated rings. The second-order valence-corrected chi connectivity index (χ2v) is 9.98. The van der Waals surface area contributed by atoms with E-state index in [0.29, 0.717) is 17.3 Å². The van der Waals surface area contributed by atoms with Crippen LogP contribution in [0.3, 0.4) is 0 Å². The van der Waals surface area contributed by atoms with Crippen LogP contribution in [0, 0.1) is 17.0 Å². The van der Waals surface area contributed by atoms with Crippen molar-refractivity contribution >= 4 is 5.82 Å². The SMILES string of the molecule is CCC[C@]1(C)CCCC[C@H](N(C)c2ccc(-c3c(O)cc(-c4cnnc(OC)c4)c(F)c3F)nn2)C1. The van der Waals surface area contributed by atoms with Gasteiger partial charge in [-0.1, -0.05) is 33.1 Å². The quantitative estimate of drug-likeness (QED) is 0.391. The lowest BCUT2D eigenvalue weighted by molar-refractivity contribution is 0.238. The molecule has 192 valence electrons. The van der Waals surface area contributed by atoms with E-state index in [2.05, 4.69) is 39.1 Å². The van der Waals surface area contributed by atoms with Crippen LogP contribution in [0.1, 0.15) is 58.8 Å². The summed E-state index contributed by atoms with van der Waals surface area (Å²) in [4.78, 5) is 2.14. The zero-order valence-corrected chi connectivity index (χ0v) is 21.3. The summed E-state index contributed by atoms with van der Waals surface area (Å²) in [7, 11) is 3.40. The Labute approximate surface area is 210 Å². The summed E-state index contributed by atoms with van der Waals surface area (Å²) in [5.41, 5.74) is 0.0862. The van der Waals surface area contributed by atoms with E-state index in [9.17, 15) is 5.11 Å². The van der Waals surface area contributed by atoms with Gasteiger partial charge in [-0.2, -0.15) is 5.10 Å². The van der Waals surface area contributed by atoms with Crippen LogP contribution >= 0.6 is 0 Å². The molecule has 0 radical (unpaired) electrons. The van der Waals surface area contributed by atoms with Gasteiger partial charge in [0.25, 0.3) is 0 Å². The molecule has 0 bridgehead atoms. The molecule has 7 nitrogen and oxygen atoms in total. The smallest absolute Gasteiger partial charge is 0.233 e. The Kier molecular flexibility index (Phi) is 7.66. The zero-order chi connectivity index (χ0) is 25.9. The number of hydrogen-bond acceptors (Lipinski definition) is 7. The van der Waals surface area contributed by atoms with Crippen molar-refractivity contribution in [3.8, 4) is 34.0 Å². The Bertz CT molecular complexity index is 1210. The first-order valence-corrected chi connectivity index (χ1v) is 12.4. The summed E-state index contributed by atoms with van der Waals surface area (Å²) in [6, 6.07) is 6.19. The molecule has 9 heteroatoms. The molecule has 0 unspecified atom stereocenters. The van der Waals surface area contributed by atoms with Gasteiger partial charge in [0.2, 0.25) is 5.88 Å². The molecule has 1 N–H and O–H groups in total. The molecule has 4 rings (SSSR count). The van der Waals surface area contributed by atoms with E-state index >= 15 is 8.78 Å². The third-order valence-corrected chi connectivity index (χ3v) is 7.30. The van der Waals surface area contributed by atoms with E-state index < -0.39 is 17.4 Å². The molecular formula is C27H33F2N5O2. The van der Waals surface area contributed by atoms with Crippen molar-refractivity contribution in [2.45, 2.75) is 64.8 Å². The van der Waals surface area contributed by atoms with Crippen molar-refractivity contribution in [3.05, 3.63) is 42.1 Å². The van der Waals surface area contributed by atoms with Gasteiger partial charge in [-0.25, -0.2) is 8.78 Å². The first-order chi connectivity index (χ1) is 17.3. The van der Waals surface area contributed by atoms with Crippen LogP contribution in [0.25, 0.3) is 22.4 Å². The van der Waals surface area contributed by atoms with Crippen LogP contribution in [0.5, 0.6) is 11.6 Å². The normalized spacial score (nSPS) is 20.1. The number of hydrogen-bond donors (Lipinski definition) is 1. The summed E-state index contributed by atoms with van der Waals surface area (Å²) in [6.07, 6.45) is 9.42. The summed E-state index contributed by atoms with van der Waals surface area (Å²) in [5.74, 6) is -1.99. The molecule has 1 aliphatic rings. The van der Waals surface area contributed by atoms with Gasteiger partial charge >= 0.3 is 0 Å². The molecule has 36 heavy (non-hydrogen) atoms. The van der Waals surface area contributed by atoms with E-state index in [4.69, 9.17) is 4.74 Å². The fourth-order valence-electron chi connectivity index (χ4n) is 5.36. The van der Waals surface area contributed by atoms with Crippen LogP contribution in [0.4, 0.5) is 14.6 Å². The van der Waals surface area contributed by atoms with E-state index in [1.54, 1.807) is 12.1 Å². The summed E-state index contributed by atoms with van der Waals surface area (Å²) in [6.45, 7) is 4.60. The van der Waals surface area contributed by atoms with Crippen molar-refractivity contribution in [3.63, 3.8) is 0 Å². The molecule has 1 saturated carbocycles. The average Bonchev–Trinajstić information content (AvgIpc) is 3.08. The number of nitrogens with zero attached hydrogens (tertiary/aromatic N) is 5. The van der Waals surface area contributed by atoms with Crippen LogP contribution in [-0.2, 0) is 0 Å². The molecular weight excluding hydrogens is 464 g/mol. The summed E-state index contributed by atoms with van der Waals surface area (Å²) >= 11 is 0. The van der Waals surface area contributed by atoms with Crippen molar-refractivity contribution in [1.82, 2.24) is 20.4 Å². The third kappa shape index (κ3) is 5.24. The van der Waals surface area contributed by atoms with Gasteiger partial charge in [0.05, 0.1) is 24.6 Å². The minimum absolute atomic E-state index is 0.0507. The molecule has 2 atom stereocenters. The first kappa shape index (κ1) is 25.7. The molecule has 0 spiro atoms. The minimum Gasteiger partial charge on any atom is -0.507 e. The fourth-order valence-corrected chi connectivity index (χ4v) is 5.36. The molecule has 0 aliphatic heterocycles. The number of benzene rings is 1. The Morgan fingerprint density at radius 1 is 1.14 bits per heavy atom. The Morgan fingerprint density at radius 2 is 1.94 bits per heavy atom. The number of rotatable bonds is 7. The fraction of sp³-hybridized carbons (Fsp3) is 0.481. The predicted octanol–water partition coefficient (Wildman–Crippen LogP) is 6.17. The lowest BCUT2D eigenvalue weighted by Gasteiger charge is -2.35. The van der Waals surface area contributed by atoms with Gasteiger partial charge in [-0.15, -0.1) is 15.3 Å². The molecule has 0 saturated heterocycles. The lowest BCUT2D eigenvalue weighted by atomic mass is 9.77. The highest BCUT2D eigenvalue weighted by molar-refractivity contribution is 5.75. The van der Waals surface area contributed by atoms with E-state index in [1.165, 1.54) is 45.1 Å². The van der Waals surface area contributed by atoms with Crippen LogP contribution in [-0.4, -0.2) is 45.7 Å². The van der Waals surface area contributed by atoms with E-state index in [-0.39, 0.29) is 28.3 Å². The topological polar surface area (TPSA) is 84.3 Å². The van der Waals surface area contributed by atoms with Gasteiger partial charge in [0.15, 0.2) is 17.5 Å². The zero-order valence-electron chi connectivity index (χ0n) is 21.3. The van der Waals surface area contributed by atoms with E-state index in [1.807, 2.05) is 7.05 Å². The Hall–Kier alpha value is -3.36. The van der Waals surface area contributed by atoms with E-state index in [0.717, 1.165) is 25.3 Å². The van der Waals surface area contributed by atoms with Crippen molar-refractivity contribution in [2.24, 2.45) is 5.41 Å². The number of phenolic OH excluding ortho intramolecular Hbond substituents is 1. The summed E-state index contributed by atoms with van der Waals surface area (Å²) in [5, 5.41) is 26.5. The number of aromatic hydroxyl groups is 1.